The Morgan fingerprint density at radius 2 is 1.94 bits per heavy atom. The second-order valence-corrected chi connectivity index (χ2v) is 9.92. The highest BCUT2D eigenvalue weighted by Crippen LogP contribution is 2.27. The molecule has 1 fully saturated rings. The van der Waals surface area contributed by atoms with Crippen molar-refractivity contribution in [2.45, 2.75) is 70.4 Å². The van der Waals surface area contributed by atoms with Crippen LogP contribution in [0.5, 0.6) is 0 Å². The van der Waals surface area contributed by atoms with Gasteiger partial charge in [-0.2, -0.15) is 0 Å². The molecule has 1 aliphatic heterocycles. The van der Waals surface area contributed by atoms with Crippen LogP contribution in [-0.2, 0) is 17.9 Å². The highest BCUT2D eigenvalue weighted by Gasteiger charge is 2.29. The average molecular weight is 471 g/mol. The molecule has 3 heterocycles. The number of carbonyl (C=O) groups is 1. The fraction of sp³-hybridized carbons (Fsp3) is 0.478. The van der Waals surface area contributed by atoms with Crippen LogP contribution in [-0.4, -0.2) is 48.4 Å². The van der Waals surface area contributed by atoms with Crippen LogP contribution in [0.1, 0.15) is 45.9 Å². The van der Waals surface area contributed by atoms with Crippen molar-refractivity contribution in [3.63, 3.8) is 0 Å². The first-order chi connectivity index (χ1) is 15.6. The van der Waals surface area contributed by atoms with Gasteiger partial charge in [0.15, 0.2) is 16.1 Å². The Morgan fingerprint density at radius 1 is 1.19 bits per heavy atom. The molecule has 0 saturated carbocycles. The number of nitrogens with one attached hydrogen (secondary N) is 1. The molecular weight excluding hydrogens is 440 g/mol. The van der Waals surface area contributed by atoms with E-state index in [0.29, 0.717) is 24.4 Å². The maximum absolute atomic E-state index is 12.9. The molecule has 9 heteroatoms. The lowest BCUT2D eigenvalue weighted by atomic mass is 9.98. The van der Waals surface area contributed by atoms with E-state index in [0.717, 1.165) is 46.8 Å². The SMILES string of the molecule is CCn1c(CNc2nc(-c3ccccc3)cs2)nnc1SCC(=O)N1C(C)CCCC1C. The molecule has 1 saturated heterocycles. The molecule has 32 heavy (non-hydrogen) atoms. The van der Waals surface area contributed by atoms with Crippen molar-refractivity contribution in [2.75, 3.05) is 11.1 Å². The number of piperidine rings is 1. The Labute approximate surface area is 197 Å². The van der Waals surface area contributed by atoms with E-state index in [1.165, 1.54) is 18.2 Å². The van der Waals surface area contributed by atoms with E-state index in [4.69, 9.17) is 0 Å². The van der Waals surface area contributed by atoms with Gasteiger partial charge in [0.2, 0.25) is 5.91 Å². The van der Waals surface area contributed by atoms with Gasteiger partial charge in [0.25, 0.3) is 0 Å². The van der Waals surface area contributed by atoms with Gasteiger partial charge in [-0.25, -0.2) is 4.98 Å². The number of likely N-dealkylation sites (tertiary alicyclic amines) is 1. The molecule has 2 unspecified atom stereocenters. The Bertz CT molecular complexity index is 1020. The fourth-order valence-electron chi connectivity index (χ4n) is 4.24. The first-order valence-electron chi connectivity index (χ1n) is 11.2. The number of hydrogen-bond donors (Lipinski definition) is 1. The predicted molar refractivity (Wildman–Crippen MR) is 131 cm³/mol. The van der Waals surface area contributed by atoms with Crippen molar-refractivity contribution in [2.24, 2.45) is 0 Å². The fourth-order valence-corrected chi connectivity index (χ4v) is 5.85. The van der Waals surface area contributed by atoms with Gasteiger partial charge in [0.05, 0.1) is 18.0 Å². The van der Waals surface area contributed by atoms with E-state index in [-0.39, 0.29) is 5.91 Å². The number of hydrogen-bond acceptors (Lipinski definition) is 7. The Balaban J connectivity index is 1.36. The Morgan fingerprint density at radius 3 is 2.66 bits per heavy atom. The molecule has 0 bridgehead atoms. The molecule has 0 aliphatic carbocycles. The van der Waals surface area contributed by atoms with Gasteiger partial charge in [0.1, 0.15) is 0 Å². The third-order valence-corrected chi connectivity index (χ3v) is 7.64. The zero-order chi connectivity index (χ0) is 22.5. The van der Waals surface area contributed by atoms with Crippen LogP contribution in [0.15, 0.2) is 40.9 Å². The maximum atomic E-state index is 12.9. The predicted octanol–water partition coefficient (Wildman–Crippen LogP) is 4.92. The van der Waals surface area contributed by atoms with E-state index in [9.17, 15) is 4.79 Å². The third-order valence-electron chi connectivity index (χ3n) is 5.89. The standard InChI is InChI=1S/C23H30N6OS2/c1-4-28-20(13-24-22-25-19(14-31-22)18-11-6-5-7-12-18)26-27-23(28)32-15-21(30)29-16(2)9-8-10-17(29)3/h5-7,11-12,14,16-17H,4,8-10,13,15H2,1-3H3,(H,24,25). The number of thiazole rings is 1. The molecule has 2 atom stereocenters. The smallest absolute Gasteiger partial charge is 0.233 e. The third kappa shape index (κ3) is 5.15. The van der Waals surface area contributed by atoms with Crippen LogP contribution in [0.25, 0.3) is 11.3 Å². The second-order valence-electron chi connectivity index (χ2n) is 8.12. The molecule has 1 aliphatic rings. The lowest BCUT2D eigenvalue weighted by Gasteiger charge is -2.39. The minimum atomic E-state index is 0.191. The zero-order valence-electron chi connectivity index (χ0n) is 18.8. The molecule has 0 radical (unpaired) electrons. The van der Waals surface area contributed by atoms with E-state index in [1.807, 2.05) is 18.2 Å². The summed E-state index contributed by atoms with van der Waals surface area (Å²) in [7, 11) is 0. The first kappa shape index (κ1) is 22.8. The minimum absolute atomic E-state index is 0.191. The zero-order valence-corrected chi connectivity index (χ0v) is 20.5. The summed E-state index contributed by atoms with van der Waals surface area (Å²) in [6, 6.07) is 10.8. The van der Waals surface area contributed by atoms with Crippen molar-refractivity contribution >= 4 is 34.1 Å². The lowest BCUT2D eigenvalue weighted by molar-refractivity contribution is -0.134. The summed E-state index contributed by atoms with van der Waals surface area (Å²) in [5, 5.41) is 15.8. The molecule has 1 aromatic carbocycles. The lowest BCUT2D eigenvalue weighted by Crippen LogP contribution is -2.48. The number of nitrogens with zero attached hydrogens (tertiary/aromatic N) is 5. The molecule has 4 rings (SSSR count). The average Bonchev–Trinajstić information content (AvgIpc) is 3.43. The number of carbonyl (C=O) groups excluding carboxylic acids is 1. The van der Waals surface area contributed by atoms with Gasteiger partial charge >= 0.3 is 0 Å². The minimum Gasteiger partial charge on any atom is -0.354 e. The number of thioether (sulfide) groups is 1. The van der Waals surface area contributed by atoms with Crippen molar-refractivity contribution in [1.29, 1.82) is 0 Å². The molecule has 2 aromatic heterocycles. The summed E-state index contributed by atoms with van der Waals surface area (Å²) < 4.78 is 2.07. The van der Waals surface area contributed by atoms with Gasteiger partial charge in [-0.1, -0.05) is 42.1 Å². The summed E-state index contributed by atoms with van der Waals surface area (Å²) >= 11 is 3.06. The summed E-state index contributed by atoms with van der Waals surface area (Å²) in [5.41, 5.74) is 2.07. The van der Waals surface area contributed by atoms with Crippen LogP contribution in [0, 0.1) is 0 Å². The highest BCUT2D eigenvalue weighted by atomic mass is 32.2. The Hall–Kier alpha value is -2.39. The molecule has 7 nitrogen and oxygen atoms in total. The monoisotopic (exact) mass is 470 g/mol. The van der Waals surface area contributed by atoms with Crippen molar-refractivity contribution in [1.82, 2.24) is 24.6 Å². The van der Waals surface area contributed by atoms with Crippen LogP contribution in [0.3, 0.4) is 0 Å². The largest absolute Gasteiger partial charge is 0.354 e. The number of rotatable bonds is 8. The van der Waals surface area contributed by atoms with Gasteiger partial charge < -0.3 is 14.8 Å². The maximum Gasteiger partial charge on any atom is 0.233 e. The molecule has 0 spiro atoms. The van der Waals surface area contributed by atoms with E-state index >= 15 is 0 Å². The number of amides is 1. The first-order valence-corrected chi connectivity index (χ1v) is 13.0. The summed E-state index contributed by atoms with van der Waals surface area (Å²) in [4.78, 5) is 19.6. The topological polar surface area (TPSA) is 75.9 Å². The van der Waals surface area contributed by atoms with Crippen LogP contribution in [0.2, 0.25) is 0 Å². The van der Waals surface area contributed by atoms with Crippen LogP contribution >= 0.6 is 23.1 Å². The molecule has 3 aromatic rings. The van der Waals surface area contributed by atoms with Gasteiger partial charge in [-0.15, -0.1) is 21.5 Å². The second kappa shape index (κ2) is 10.5. The molecule has 170 valence electrons. The van der Waals surface area contributed by atoms with Gasteiger partial charge in [-0.3, -0.25) is 4.79 Å². The van der Waals surface area contributed by atoms with Crippen LogP contribution in [0.4, 0.5) is 5.13 Å². The van der Waals surface area contributed by atoms with E-state index < -0.39 is 0 Å². The van der Waals surface area contributed by atoms with E-state index in [1.54, 1.807) is 11.3 Å². The normalized spacial score (nSPS) is 18.7. The molecular formula is C23H30N6OS2. The quantitative estimate of drug-likeness (QED) is 0.471. The number of aromatic nitrogens is 4. The summed E-state index contributed by atoms with van der Waals surface area (Å²) in [5.74, 6) is 1.43. The van der Waals surface area contributed by atoms with Gasteiger partial charge in [-0.05, 0) is 40.0 Å². The molecule has 1 amide bonds. The summed E-state index contributed by atoms with van der Waals surface area (Å²) in [6.45, 7) is 7.67. The summed E-state index contributed by atoms with van der Waals surface area (Å²) in [6.07, 6.45) is 3.38. The van der Waals surface area contributed by atoms with Crippen molar-refractivity contribution in [3.8, 4) is 11.3 Å². The Kier molecular flexibility index (Phi) is 7.47. The van der Waals surface area contributed by atoms with E-state index in [2.05, 4.69) is 68.2 Å². The number of benzene rings is 1. The molecule has 1 N–H and O–H groups in total. The van der Waals surface area contributed by atoms with Gasteiger partial charge in [0, 0.05) is 29.6 Å². The van der Waals surface area contributed by atoms with Crippen molar-refractivity contribution < 1.29 is 4.79 Å². The highest BCUT2D eigenvalue weighted by molar-refractivity contribution is 7.99. The van der Waals surface area contributed by atoms with Crippen molar-refractivity contribution in [3.05, 3.63) is 41.5 Å². The number of anilines is 1. The van der Waals surface area contributed by atoms with Crippen LogP contribution < -0.4 is 5.32 Å².